The van der Waals surface area contributed by atoms with Gasteiger partial charge < -0.3 is 10.4 Å². The second-order valence-corrected chi connectivity index (χ2v) is 4.98. The molecular weight excluding hydrogens is 266 g/mol. The van der Waals surface area contributed by atoms with Crippen LogP contribution in [0, 0.1) is 6.92 Å². The number of hydrogen-bond donors (Lipinski definition) is 2. The highest BCUT2D eigenvalue weighted by Crippen LogP contribution is 2.30. The summed E-state index contributed by atoms with van der Waals surface area (Å²) in [6.45, 7) is 3.44. The second kappa shape index (κ2) is 4.94. The molecule has 0 aliphatic carbocycles. The van der Waals surface area contributed by atoms with Gasteiger partial charge in [0.15, 0.2) is 0 Å². The minimum Gasteiger partial charge on any atom is -0.508 e. The smallest absolute Gasteiger partial charge is 0.222 e. The van der Waals surface area contributed by atoms with Crippen LogP contribution in [0.5, 0.6) is 5.75 Å². The molecule has 2 N–H and O–H groups in total. The molecule has 0 radical (unpaired) electrons. The largest absolute Gasteiger partial charge is 0.508 e. The fraction of sp³-hybridized carbons (Fsp3) is 0.125. The van der Waals surface area contributed by atoms with Gasteiger partial charge in [0.1, 0.15) is 22.9 Å². The number of phenols is 1. The topological polar surface area (TPSA) is 66.6 Å². The van der Waals surface area contributed by atoms with Crippen molar-refractivity contribution in [3.05, 3.63) is 48.2 Å². The van der Waals surface area contributed by atoms with E-state index in [0.29, 0.717) is 11.5 Å². The van der Waals surface area contributed by atoms with Crippen LogP contribution in [0.25, 0.3) is 16.9 Å². The Kier molecular flexibility index (Phi) is 3.10. The highest BCUT2D eigenvalue weighted by Gasteiger charge is 2.15. The van der Waals surface area contributed by atoms with Crippen LogP contribution in [-0.2, 0) is 4.79 Å². The molecule has 0 fully saturated rings. The lowest BCUT2D eigenvalue weighted by Crippen LogP contribution is -2.09. The molecular formula is C16H15N3O2. The average molecular weight is 281 g/mol. The van der Waals surface area contributed by atoms with Crippen LogP contribution in [0.3, 0.4) is 0 Å². The van der Waals surface area contributed by atoms with E-state index in [0.717, 1.165) is 16.8 Å². The Hall–Kier alpha value is -2.82. The van der Waals surface area contributed by atoms with Gasteiger partial charge in [0, 0.05) is 18.7 Å². The monoisotopic (exact) mass is 281 g/mol. The van der Waals surface area contributed by atoms with Gasteiger partial charge in [-0.05, 0) is 30.7 Å². The fourth-order valence-corrected chi connectivity index (χ4v) is 2.29. The molecule has 1 amide bonds. The Morgan fingerprint density at radius 3 is 2.81 bits per heavy atom. The molecule has 21 heavy (non-hydrogen) atoms. The molecule has 0 bridgehead atoms. The molecule has 0 aliphatic heterocycles. The molecule has 0 atom stereocenters. The van der Waals surface area contributed by atoms with Gasteiger partial charge in [-0.25, -0.2) is 4.98 Å². The Morgan fingerprint density at radius 2 is 2.10 bits per heavy atom. The predicted molar refractivity (Wildman–Crippen MR) is 81.3 cm³/mol. The van der Waals surface area contributed by atoms with E-state index >= 15 is 0 Å². The Morgan fingerprint density at radius 1 is 1.29 bits per heavy atom. The Balaban J connectivity index is 2.28. The highest BCUT2D eigenvalue weighted by atomic mass is 16.3. The highest BCUT2D eigenvalue weighted by molar-refractivity contribution is 5.93. The number of anilines is 1. The first kappa shape index (κ1) is 13.2. The summed E-state index contributed by atoms with van der Waals surface area (Å²) in [5, 5.41) is 12.5. The third kappa shape index (κ3) is 2.45. The molecule has 0 saturated heterocycles. The van der Waals surface area contributed by atoms with Crippen molar-refractivity contribution in [1.82, 2.24) is 9.38 Å². The minimum absolute atomic E-state index is 0.162. The van der Waals surface area contributed by atoms with Crippen molar-refractivity contribution in [1.29, 1.82) is 0 Å². The minimum atomic E-state index is -0.167. The number of rotatable bonds is 2. The number of benzene rings is 1. The molecule has 0 aliphatic rings. The third-order valence-electron chi connectivity index (χ3n) is 3.18. The SMILES string of the molecule is CC(=O)Nc1c(-c2cccc(O)c2)nc2ccc(C)cn12. The molecule has 0 saturated carbocycles. The van der Waals surface area contributed by atoms with E-state index in [1.807, 2.05) is 35.7 Å². The molecule has 0 spiro atoms. The third-order valence-corrected chi connectivity index (χ3v) is 3.18. The van der Waals surface area contributed by atoms with E-state index in [4.69, 9.17) is 0 Å². The number of pyridine rings is 1. The summed E-state index contributed by atoms with van der Waals surface area (Å²) in [5.41, 5.74) is 3.18. The van der Waals surface area contributed by atoms with Gasteiger partial charge in [-0.15, -0.1) is 0 Å². The molecule has 1 aromatic carbocycles. The van der Waals surface area contributed by atoms with Crippen LogP contribution >= 0.6 is 0 Å². The Labute approximate surface area is 121 Å². The second-order valence-electron chi connectivity index (χ2n) is 4.98. The maximum absolute atomic E-state index is 11.5. The number of aromatic hydroxyl groups is 1. The fourth-order valence-electron chi connectivity index (χ4n) is 2.29. The maximum Gasteiger partial charge on any atom is 0.222 e. The summed E-state index contributed by atoms with van der Waals surface area (Å²) >= 11 is 0. The number of aromatic nitrogens is 2. The molecule has 5 heteroatoms. The first-order valence-electron chi connectivity index (χ1n) is 6.60. The number of phenolic OH excluding ortho intramolecular Hbond substituents is 1. The van der Waals surface area contributed by atoms with Gasteiger partial charge in [0.25, 0.3) is 0 Å². The number of carbonyl (C=O) groups excluding carboxylic acids is 1. The van der Waals surface area contributed by atoms with Gasteiger partial charge in [-0.2, -0.15) is 0 Å². The number of aryl methyl sites for hydroxylation is 1. The lowest BCUT2D eigenvalue weighted by Gasteiger charge is -2.06. The van der Waals surface area contributed by atoms with Crippen LogP contribution < -0.4 is 5.32 Å². The van der Waals surface area contributed by atoms with E-state index in [1.54, 1.807) is 18.2 Å². The van der Waals surface area contributed by atoms with Crippen LogP contribution in [0.4, 0.5) is 5.82 Å². The summed E-state index contributed by atoms with van der Waals surface area (Å²) in [5.74, 6) is 0.598. The van der Waals surface area contributed by atoms with Crippen molar-refractivity contribution in [2.24, 2.45) is 0 Å². The van der Waals surface area contributed by atoms with Crippen LogP contribution in [0.2, 0.25) is 0 Å². The number of carbonyl (C=O) groups is 1. The zero-order chi connectivity index (χ0) is 15.0. The summed E-state index contributed by atoms with van der Waals surface area (Å²) < 4.78 is 1.84. The van der Waals surface area contributed by atoms with Gasteiger partial charge in [-0.3, -0.25) is 9.20 Å². The van der Waals surface area contributed by atoms with Crippen LogP contribution in [-0.4, -0.2) is 20.4 Å². The van der Waals surface area contributed by atoms with Gasteiger partial charge in [0.05, 0.1) is 0 Å². The number of nitrogens with one attached hydrogen (secondary N) is 1. The van der Waals surface area contributed by atoms with E-state index in [-0.39, 0.29) is 11.7 Å². The normalized spacial score (nSPS) is 10.8. The molecule has 3 aromatic rings. The summed E-state index contributed by atoms with van der Waals surface area (Å²) in [7, 11) is 0. The van der Waals surface area contributed by atoms with Crippen molar-refractivity contribution >= 4 is 17.4 Å². The number of hydrogen-bond acceptors (Lipinski definition) is 3. The van der Waals surface area contributed by atoms with Crippen molar-refractivity contribution in [2.75, 3.05) is 5.32 Å². The van der Waals surface area contributed by atoms with E-state index in [1.165, 1.54) is 6.92 Å². The van der Waals surface area contributed by atoms with Gasteiger partial charge >= 0.3 is 0 Å². The van der Waals surface area contributed by atoms with Crippen molar-refractivity contribution in [3.63, 3.8) is 0 Å². The van der Waals surface area contributed by atoms with Crippen molar-refractivity contribution < 1.29 is 9.90 Å². The molecule has 3 rings (SSSR count). The molecule has 0 unspecified atom stereocenters. The molecule has 2 heterocycles. The number of nitrogens with zero attached hydrogens (tertiary/aromatic N) is 2. The maximum atomic E-state index is 11.5. The number of amides is 1. The lowest BCUT2D eigenvalue weighted by atomic mass is 10.1. The van der Waals surface area contributed by atoms with Gasteiger partial charge in [0.2, 0.25) is 5.91 Å². The number of imidazole rings is 1. The lowest BCUT2D eigenvalue weighted by molar-refractivity contribution is -0.114. The molecule has 106 valence electrons. The first-order valence-corrected chi connectivity index (χ1v) is 6.60. The zero-order valence-corrected chi connectivity index (χ0v) is 11.8. The Bertz CT molecular complexity index is 837. The van der Waals surface area contributed by atoms with Gasteiger partial charge in [-0.1, -0.05) is 18.2 Å². The zero-order valence-electron chi connectivity index (χ0n) is 11.8. The quantitative estimate of drug-likeness (QED) is 0.759. The average Bonchev–Trinajstić information content (AvgIpc) is 2.76. The molecule has 5 nitrogen and oxygen atoms in total. The van der Waals surface area contributed by atoms with Crippen LogP contribution in [0.1, 0.15) is 12.5 Å². The van der Waals surface area contributed by atoms with E-state index in [2.05, 4.69) is 10.3 Å². The summed E-state index contributed by atoms with van der Waals surface area (Å²) in [6, 6.07) is 10.7. The standard InChI is InChI=1S/C16H15N3O2/c1-10-6-7-14-18-15(12-4-3-5-13(21)8-12)16(17-11(2)20)19(14)9-10/h3-9,21H,1-2H3,(H,17,20). The van der Waals surface area contributed by atoms with E-state index in [9.17, 15) is 9.90 Å². The summed E-state index contributed by atoms with van der Waals surface area (Å²) in [6.07, 6.45) is 1.92. The number of fused-ring (bicyclic) bond motifs is 1. The van der Waals surface area contributed by atoms with Crippen molar-refractivity contribution in [2.45, 2.75) is 13.8 Å². The van der Waals surface area contributed by atoms with Crippen LogP contribution in [0.15, 0.2) is 42.6 Å². The van der Waals surface area contributed by atoms with E-state index < -0.39 is 0 Å². The first-order chi connectivity index (χ1) is 10.0. The molecule has 2 aromatic heterocycles. The summed E-state index contributed by atoms with van der Waals surface area (Å²) in [4.78, 5) is 16.0. The van der Waals surface area contributed by atoms with Crippen molar-refractivity contribution in [3.8, 4) is 17.0 Å². The predicted octanol–water partition coefficient (Wildman–Crippen LogP) is 2.97.